The van der Waals surface area contributed by atoms with Crippen LogP contribution < -0.4 is 4.74 Å². The molecule has 9 heteroatoms. The van der Waals surface area contributed by atoms with Crippen LogP contribution in [0.1, 0.15) is 44.9 Å². The van der Waals surface area contributed by atoms with Crippen LogP contribution in [0.25, 0.3) is 0 Å². The number of aryl methyl sites for hydroxylation is 1. The highest BCUT2D eigenvalue weighted by Crippen LogP contribution is 2.33. The van der Waals surface area contributed by atoms with E-state index >= 15 is 0 Å². The first-order valence-corrected chi connectivity index (χ1v) is 9.67. The Morgan fingerprint density at radius 2 is 2.10 bits per heavy atom. The maximum absolute atomic E-state index is 13.0. The number of ether oxygens (including phenoxy) is 1. The fourth-order valence-electron chi connectivity index (χ4n) is 3.13. The van der Waals surface area contributed by atoms with Gasteiger partial charge in [0, 0.05) is 36.0 Å². The van der Waals surface area contributed by atoms with Gasteiger partial charge in [-0.05, 0) is 52.1 Å². The molecule has 7 nitrogen and oxygen atoms in total. The van der Waals surface area contributed by atoms with Crippen LogP contribution in [0.2, 0.25) is 0 Å². The maximum atomic E-state index is 13.0. The van der Waals surface area contributed by atoms with E-state index in [9.17, 15) is 23.5 Å². The molecule has 168 valence electrons. The molecule has 0 saturated heterocycles. The number of pyridine rings is 1. The average Bonchev–Trinajstić information content (AvgIpc) is 2.98. The summed E-state index contributed by atoms with van der Waals surface area (Å²) in [5.74, 6) is -3.86. The minimum Gasteiger partial charge on any atom is -0.471 e. The van der Waals surface area contributed by atoms with Crippen molar-refractivity contribution in [2.45, 2.75) is 52.2 Å². The van der Waals surface area contributed by atoms with Gasteiger partial charge in [-0.25, -0.2) is 13.8 Å². The van der Waals surface area contributed by atoms with Crippen molar-refractivity contribution in [2.24, 2.45) is 4.99 Å². The molecule has 0 saturated carbocycles. The van der Waals surface area contributed by atoms with E-state index in [2.05, 4.69) is 16.7 Å². The molecule has 1 N–H and O–H groups in total. The van der Waals surface area contributed by atoms with Gasteiger partial charge >= 0.3 is 0 Å². The minimum atomic E-state index is -2.98. The standard InChI is InChI=1S/C22H27F2N3O4/c1-13-9-15(10-26-19(13)31-12-22(5,23)24)14(2)27-11-17(18(28)21(3,4)30)16(20(27)29)7-8-25-6/h7-10,14,30H,6,11-12H2,1-5H3/b8-7-. The van der Waals surface area contributed by atoms with Crippen molar-refractivity contribution >= 4 is 18.4 Å². The zero-order valence-corrected chi connectivity index (χ0v) is 18.3. The van der Waals surface area contributed by atoms with Crippen LogP contribution in [0.5, 0.6) is 5.88 Å². The van der Waals surface area contributed by atoms with Crippen molar-refractivity contribution < 1.29 is 28.2 Å². The molecular weight excluding hydrogens is 408 g/mol. The highest BCUT2D eigenvalue weighted by molar-refractivity contribution is 6.13. The maximum Gasteiger partial charge on any atom is 0.278 e. The van der Waals surface area contributed by atoms with Gasteiger partial charge < -0.3 is 14.7 Å². The van der Waals surface area contributed by atoms with Crippen molar-refractivity contribution in [1.29, 1.82) is 0 Å². The first-order valence-electron chi connectivity index (χ1n) is 9.67. The third-order valence-electron chi connectivity index (χ3n) is 4.78. The number of amides is 1. The molecule has 1 amide bonds. The number of alkyl halides is 2. The number of hydrogen-bond donors (Lipinski definition) is 1. The predicted octanol–water partition coefficient (Wildman–Crippen LogP) is 3.18. The summed E-state index contributed by atoms with van der Waals surface area (Å²) >= 11 is 0. The normalized spacial score (nSPS) is 16.3. The Morgan fingerprint density at radius 1 is 1.45 bits per heavy atom. The van der Waals surface area contributed by atoms with Gasteiger partial charge in [0.25, 0.3) is 11.8 Å². The van der Waals surface area contributed by atoms with Crippen molar-refractivity contribution in [3.8, 4) is 5.88 Å². The summed E-state index contributed by atoms with van der Waals surface area (Å²) in [4.78, 5) is 34.9. The summed E-state index contributed by atoms with van der Waals surface area (Å²) in [5.41, 5.74) is -0.144. The molecule has 0 aliphatic carbocycles. The summed E-state index contributed by atoms with van der Waals surface area (Å²) in [6.07, 6.45) is 4.15. The van der Waals surface area contributed by atoms with E-state index in [-0.39, 0.29) is 23.6 Å². The number of aliphatic imine (C=N–C) groups is 1. The van der Waals surface area contributed by atoms with E-state index in [4.69, 9.17) is 4.74 Å². The molecule has 0 spiro atoms. The van der Waals surface area contributed by atoms with E-state index in [1.165, 1.54) is 37.2 Å². The molecule has 1 aliphatic rings. The van der Waals surface area contributed by atoms with Crippen LogP contribution in [0.4, 0.5) is 8.78 Å². The molecule has 1 aromatic rings. The summed E-state index contributed by atoms with van der Waals surface area (Å²) in [6, 6.07) is 1.22. The number of Topliss-reactive ketones (excluding diaryl/α,β-unsaturated/α-hetero) is 1. The molecule has 0 radical (unpaired) electrons. The van der Waals surface area contributed by atoms with Crippen LogP contribution >= 0.6 is 0 Å². The topological polar surface area (TPSA) is 92.1 Å². The van der Waals surface area contributed by atoms with Crippen LogP contribution in [-0.2, 0) is 9.59 Å². The quantitative estimate of drug-likeness (QED) is 0.602. The second kappa shape index (κ2) is 9.05. The summed E-state index contributed by atoms with van der Waals surface area (Å²) in [6.45, 7) is 9.44. The summed E-state index contributed by atoms with van der Waals surface area (Å²) in [7, 11) is 0. The van der Waals surface area contributed by atoms with Gasteiger partial charge in [-0.1, -0.05) is 0 Å². The van der Waals surface area contributed by atoms with Gasteiger partial charge in [-0.15, -0.1) is 0 Å². The van der Waals surface area contributed by atoms with Crippen LogP contribution in [0.15, 0.2) is 40.7 Å². The molecule has 1 atom stereocenters. The highest BCUT2D eigenvalue weighted by atomic mass is 19.3. The Morgan fingerprint density at radius 3 is 2.61 bits per heavy atom. The monoisotopic (exact) mass is 435 g/mol. The van der Waals surface area contributed by atoms with Gasteiger partial charge in [0.1, 0.15) is 5.60 Å². The van der Waals surface area contributed by atoms with Crippen LogP contribution in [0.3, 0.4) is 0 Å². The van der Waals surface area contributed by atoms with Crippen LogP contribution in [0, 0.1) is 6.92 Å². The van der Waals surface area contributed by atoms with Crippen molar-refractivity contribution in [3.05, 3.63) is 46.8 Å². The fraction of sp³-hybridized carbons (Fsp3) is 0.455. The number of halogens is 2. The lowest BCUT2D eigenvalue weighted by Crippen LogP contribution is -2.35. The van der Waals surface area contributed by atoms with Crippen molar-refractivity contribution in [2.75, 3.05) is 13.2 Å². The lowest BCUT2D eigenvalue weighted by Gasteiger charge is -2.26. The van der Waals surface area contributed by atoms with Gasteiger partial charge in [0.2, 0.25) is 5.88 Å². The van der Waals surface area contributed by atoms with Gasteiger partial charge in [0.05, 0.1) is 12.6 Å². The van der Waals surface area contributed by atoms with E-state index < -0.39 is 35.9 Å². The third kappa shape index (κ3) is 5.81. The Labute approximate surface area is 180 Å². The van der Waals surface area contributed by atoms with Gasteiger partial charge in [-0.3, -0.25) is 14.6 Å². The van der Waals surface area contributed by atoms with E-state index in [1.807, 2.05) is 0 Å². The zero-order valence-electron chi connectivity index (χ0n) is 18.3. The van der Waals surface area contributed by atoms with E-state index in [0.717, 1.165) is 6.92 Å². The molecule has 31 heavy (non-hydrogen) atoms. The second-order valence-electron chi connectivity index (χ2n) is 8.14. The Kier molecular flexibility index (Phi) is 7.10. The number of aliphatic hydroxyl groups is 1. The largest absolute Gasteiger partial charge is 0.471 e. The van der Waals surface area contributed by atoms with E-state index in [0.29, 0.717) is 11.1 Å². The number of ketones is 1. The molecule has 2 heterocycles. The van der Waals surface area contributed by atoms with E-state index in [1.54, 1.807) is 19.9 Å². The third-order valence-corrected chi connectivity index (χ3v) is 4.78. The molecule has 1 aromatic heterocycles. The highest BCUT2D eigenvalue weighted by Gasteiger charge is 2.39. The molecule has 0 bridgehead atoms. The number of carbonyl (C=O) groups is 2. The first-order chi connectivity index (χ1) is 14.3. The molecular formula is C22H27F2N3O4. The Balaban J connectivity index is 2.30. The Bertz CT molecular complexity index is 943. The summed E-state index contributed by atoms with van der Waals surface area (Å²) in [5, 5.41) is 10.1. The number of hydrogen-bond acceptors (Lipinski definition) is 6. The van der Waals surface area contributed by atoms with Gasteiger partial charge in [-0.2, -0.15) is 0 Å². The van der Waals surface area contributed by atoms with Crippen molar-refractivity contribution in [3.63, 3.8) is 0 Å². The lowest BCUT2D eigenvalue weighted by molar-refractivity contribution is -0.130. The lowest BCUT2D eigenvalue weighted by atomic mass is 9.94. The zero-order chi connectivity index (χ0) is 23.6. The van der Waals surface area contributed by atoms with Gasteiger partial charge in [0.15, 0.2) is 12.4 Å². The number of carbonyl (C=O) groups excluding carboxylic acids is 2. The summed E-state index contributed by atoms with van der Waals surface area (Å²) < 4.78 is 31.2. The molecule has 2 rings (SSSR count). The number of rotatable bonds is 9. The number of nitrogens with zero attached hydrogens (tertiary/aromatic N) is 3. The molecule has 1 aliphatic heterocycles. The number of aromatic nitrogens is 1. The minimum absolute atomic E-state index is 0.000996. The average molecular weight is 435 g/mol. The SMILES string of the molecule is C=N/C=C\C1=C(C(=O)C(C)(C)O)CN(C(C)c2cnc(OCC(C)(F)F)c(C)c2)C1=O. The molecule has 1 unspecified atom stereocenters. The molecule has 0 aromatic carbocycles. The Hall–Kier alpha value is -2.94. The fourth-order valence-corrected chi connectivity index (χ4v) is 3.13. The smallest absolute Gasteiger partial charge is 0.278 e. The first kappa shape index (κ1) is 24.3. The second-order valence-corrected chi connectivity index (χ2v) is 8.14. The molecule has 0 fully saturated rings. The predicted molar refractivity (Wildman–Crippen MR) is 112 cm³/mol. The van der Waals surface area contributed by atoms with Crippen molar-refractivity contribution in [1.82, 2.24) is 9.88 Å². The van der Waals surface area contributed by atoms with Crippen LogP contribution in [-0.4, -0.2) is 58.1 Å².